The molecule has 0 radical (unpaired) electrons. The number of nitrogens with one attached hydrogen (secondary N) is 1. The van der Waals surface area contributed by atoms with Gasteiger partial charge < -0.3 is 5.32 Å². The summed E-state index contributed by atoms with van der Waals surface area (Å²) in [6.45, 7) is 0.628. The van der Waals surface area contributed by atoms with E-state index in [1.165, 1.54) is 16.5 Å². The number of carbonyl (C=O) groups excluding carboxylic acids is 2. The molecule has 1 atom stereocenters. The lowest BCUT2D eigenvalue weighted by Crippen LogP contribution is -2.39. The standard InChI is InChI=1S/C18H16Cl2N2O2/c19-14-7-6-13(10-15(14)20)22-17(23)11-16(18(22)24)21-9-8-12-4-2-1-3-5-12/h1-7,10,16,21H,8-9,11H2. The van der Waals surface area contributed by atoms with Crippen LogP contribution < -0.4 is 10.2 Å². The monoisotopic (exact) mass is 362 g/mol. The molecule has 1 saturated heterocycles. The highest BCUT2D eigenvalue weighted by atomic mass is 35.5. The number of anilines is 1. The number of carbonyl (C=O) groups is 2. The summed E-state index contributed by atoms with van der Waals surface area (Å²) >= 11 is 11.9. The topological polar surface area (TPSA) is 49.4 Å². The highest BCUT2D eigenvalue weighted by molar-refractivity contribution is 6.42. The molecule has 1 aliphatic rings. The number of imide groups is 1. The van der Waals surface area contributed by atoms with Crippen molar-refractivity contribution in [2.24, 2.45) is 0 Å². The maximum Gasteiger partial charge on any atom is 0.251 e. The first-order valence-electron chi connectivity index (χ1n) is 7.65. The summed E-state index contributed by atoms with van der Waals surface area (Å²) in [7, 11) is 0. The van der Waals surface area contributed by atoms with Gasteiger partial charge in [-0.15, -0.1) is 0 Å². The molecule has 1 fully saturated rings. The van der Waals surface area contributed by atoms with Crippen LogP contribution in [0.25, 0.3) is 0 Å². The second-order valence-electron chi connectivity index (χ2n) is 5.61. The van der Waals surface area contributed by atoms with Crippen LogP contribution in [0.5, 0.6) is 0 Å². The number of nitrogens with zero attached hydrogens (tertiary/aromatic N) is 1. The Morgan fingerprint density at radius 1 is 1.04 bits per heavy atom. The van der Waals surface area contributed by atoms with Crippen LogP contribution in [-0.2, 0) is 16.0 Å². The number of rotatable bonds is 5. The second kappa shape index (κ2) is 7.34. The highest BCUT2D eigenvalue weighted by Gasteiger charge is 2.39. The molecule has 124 valence electrons. The van der Waals surface area contributed by atoms with Crippen LogP contribution >= 0.6 is 23.2 Å². The van der Waals surface area contributed by atoms with E-state index in [1.54, 1.807) is 12.1 Å². The molecule has 0 spiro atoms. The third-order valence-electron chi connectivity index (χ3n) is 3.96. The molecule has 2 amide bonds. The molecule has 2 aromatic carbocycles. The fourth-order valence-electron chi connectivity index (χ4n) is 2.72. The summed E-state index contributed by atoms with van der Waals surface area (Å²) in [6, 6.07) is 14.2. The molecule has 2 aromatic rings. The molecule has 4 nitrogen and oxygen atoms in total. The van der Waals surface area contributed by atoms with Crippen LogP contribution in [0.4, 0.5) is 5.69 Å². The van der Waals surface area contributed by atoms with Crippen LogP contribution in [-0.4, -0.2) is 24.4 Å². The first kappa shape index (κ1) is 17.0. The Kier molecular flexibility index (Phi) is 5.19. The lowest BCUT2D eigenvalue weighted by atomic mass is 10.1. The van der Waals surface area contributed by atoms with Gasteiger partial charge in [-0.1, -0.05) is 53.5 Å². The molecule has 1 aliphatic heterocycles. The fourth-order valence-corrected chi connectivity index (χ4v) is 3.01. The normalized spacial score (nSPS) is 17.6. The average Bonchev–Trinajstić information content (AvgIpc) is 2.85. The molecule has 0 saturated carbocycles. The molecule has 3 rings (SSSR count). The minimum Gasteiger partial charge on any atom is -0.305 e. The quantitative estimate of drug-likeness (QED) is 0.828. The SMILES string of the molecule is O=C1CC(NCCc2ccccc2)C(=O)N1c1ccc(Cl)c(Cl)c1. The lowest BCUT2D eigenvalue weighted by molar-refractivity contribution is -0.121. The van der Waals surface area contributed by atoms with E-state index in [2.05, 4.69) is 5.32 Å². The molecule has 6 heteroatoms. The Hall–Kier alpha value is -1.88. The maximum absolute atomic E-state index is 12.5. The predicted octanol–water partition coefficient (Wildman–Crippen LogP) is 3.46. The van der Waals surface area contributed by atoms with Gasteiger partial charge in [-0.05, 0) is 36.7 Å². The van der Waals surface area contributed by atoms with E-state index in [0.29, 0.717) is 22.3 Å². The summed E-state index contributed by atoms with van der Waals surface area (Å²) in [6.07, 6.45) is 0.944. The highest BCUT2D eigenvalue weighted by Crippen LogP contribution is 2.30. The van der Waals surface area contributed by atoms with E-state index in [-0.39, 0.29) is 18.2 Å². The number of halogens is 2. The number of hydrogen-bond acceptors (Lipinski definition) is 3. The van der Waals surface area contributed by atoms with Crippen molar-refractivity contribution in [1.82, 2.24) is 5.32 Å². The van der Waals surface area contributed by atoms with Crippen LogP contribution in [0.3, 0.4) is 0 Å². The first-order valence-corrected chi connectivity index (χ1v) is 8.41. The molecular formula is C18H16Cl2N2O2. The summed E-state index contributed by atoms with van der Waals surface area (Å²) in [4.78, 5) is 25.9. The van der Waals surface area contributed by atoms with Crippen molar-refractivity contribution in [3.8, 4) is 0 Å². The van der Waals surface area contributed by atoms with Crippen LogP contribution in [0.1, 0.15) is 12.0 Å². The third kappa shape index (κ3) is 3.61. The van der Waals surface area contributed by atoms with Gasteiger partial charge in [0.25, 0.3) is 5.91 Å². The van der Waals surface area contributed by atoms with Gasteiger partial charge >= 0.3 is 0 Å². The molecule has 0 bridgehead atoms. The van der Waals surface area contributed by atoms with Crippen molar-refractivity contribution in [2.45, 2.75) is 18.9 Å². The molecule has 0 aromatic heterocycles. The van der Waals surface area contributed by atoms with E-state index in [9.17, 15) is 9.59 Å². The van der Waals surface area contributed by atoms with Crippen molar-refractivity contribution in [2.75, 3.05) is 11.4 Å². The molecule has 1 N–H and O–H groups in total. The van der Waals surface area contributed by atoms with E-state index >= 15 is 0 Å². The number of amides is 2. The zero-order valence-corrected chi connectivity index (χ0v) is 14.3. The Balaban J connectivity index is 1.64. The minimum absolute atomic E-state index is 0.147. The number of hydrogen-bond donors (Lipinski definition) is 1. The van der Waals surface area contributed by atoms with Crippen LogP contribution in [0.2, 0.25) is 10.0 Å². The summed E-state index contributed by atoms with van der Waals surface area (Å²) in [5.74, 6) is -0.498. The Morgan fingerprint density at radius 2 is 1.79 bits per heavy atom. The Labute approximate surface area is 150 Å². The van der Waals surface area contributed by atoms with Gasteiger partial charge in [-0.25, -0.2) is 4.90 Å². The molecule has 1 heterocycles. The van der Waals surface area contributed by atoms with Gasteiger partial charge in [0.1, 0.15) is 0 Å². The summed E-state index contributed by atoms with van der Waals surface area (Å²) < 4.78 is 0. The van der Waals surface area contributed by atoms with Gasteiger partial charge in [-0.3, -0.25) is 9.59 Å². The van der Waals surface area contributed by atoms with Gasteiger partial charge in [0.15, 0.2) is 0 Å². The fraction of sp³-hybridized carbons (Fsp3) is 0.222. The smallest absolute Gasteiger partial charge is 0.251 e. The lowest BCUT2D eigenvalue weighted by Gasteiger charge is -2.16. The maximum atomic E-state index is 12.5. The molecule has 0 aliphatic carbocycles. The average molecular weight is 363 g/mol. The van der Waals surface area contributed by atoms with E-state index in [0.717, 1.165) is 6.42 Å². The van der Waals surface area contributed by atoms with Crippen LogP contribution in [0.15, 0.2) is 48.5 Å². The van der Waals surface area contributed by atoms with Gasteiger partial charge in [-0.2, -0.15) is 0 Å². The van der Waals surface area contributed by atoms with E-state index in [1.807, 2.05) is 30.3 Å². The van der Waals surface area contributed by atoms with E-state index in [4.69, 9.17) is 23.2 Å². The van der Waals surface area contributed by atoms with Gasteiger partial charge in [0.2, 0.25) is 5.91 Å². The molecule has 24 heavy (non-hydrogen) atoms. The molecular weight excluding hydrogens is 347 g/mol. The zero-order valence-electron chi connectivity index (χ0n) is 12.8. The predicted molar refractivity (Wildman–Crippen MR) is 95.5 cm³/mol. The molecule has 1 unspecified atom stereocenters. The van der Waals surface area contributed by atoms with E-state index < -0.39 is 6.04 Å². The van der Waals surface area contributed by atoms with Gasteiger partial charge in [0.05, 0.1) is 28.2 Å². The third-order valence-corrected chi connectivity index (χ3v) is 4.69. The van der Waals surface area contributed by atoms with Crippen molar-refractivity contribution in [3.63, 3.8) is 0 Å². The summed E-state index contributed by atoms with van der Waals surface area (Å²) in [5, 5.41) is 3.87. The first-order chi connectivity index (χ1) is 11.6. The van der Waals surface area contributed by atoms with Crippen molar-refractivity contribution in [1.29, 1.82) is 0 Å². The van der Waals surface area contributed by atoms with Gasteiger partial charge in [0, 0.05) is 0 Å². The van der Waals surface area contributed by atoms with Crippen molar-refractivity contribution in [3.05, 3.63) is 64.1 Å². The Morgan fingerprint density at radius 3 is 2.50 bits per heavy atom. The largest absolute Gasteiger partial charge is 0.305 e. The zero-order chi connectivity index (χ0) is 17.1. The Bertz CT molecular complexity index is 765. The second-order valence-corrected chi connectivity index (χ2v) is 6.43. The van der Waals surface area contributed by atoms with Crippen LogP contribution in [0, 0.1) is 0 Å². The van der Waals surface area contributed by atoms with Crippen molar-refractivity contribution >= 4 is 40.7 Å². The number of benzene rings is 2. The van der Waals surface area contributed by atoms with Crippen molar-refractivity contribution < 1.29 is 9.59 Å². The summed E-state index contributed by atoms with van der Waals surface area (Å²) in [5.41, 5.74) is 1.63. The minimum atomic E-state index is -0.504.